The average Bonchev–Trinajstić information content (AvgIpc) is 2.10. The molecule has 1 aromatic rings. The van der Waals surface area contributed by atoms with E-state index < -0.39 is 0 Å². The maximum Gasteiger partial charge on any atom is 0.0438 e. The van der Waals surface area contributed by atoms with Crippen molar-refractivity contribution in [2.75, 3.05) is 20.6 Å². The quantitative estimate of drug-likeness (QED) is 0.812. The van der Waals surface area contributed by atoms with Crippen molar-refractivity contribution in [2.45, 2.75) is 12.8 Å². The van der Waals surface area contributed by atoms with Crippen LogP contribution in [0.1, 0.15) is 12.0 Å². The molecule has 0 saturated carbocycles. The van der Waals surface area contributed by atoms with E-state index in [9.17, 15) is 0 Å². The molecule has 0 fully saturated rings. The molecule has 0 N–H and O–H groups in total. The van der Waals surface area contributed by atoms with Crippen LogP contribution in [0.25, 0.3) is 0 Å². The van der Waals surface area contributed by atoms with E-state index >= 15 is 0 Å². The molecule has 3 heteroatoms. The van der Waals surface area contributed by atoms with Gasteiger partial charge in [-0.25, -0.2) is 0 Å². The van der Waals surface area contributed by atoms with Gasteiger partial charge in [0.25, 0.3) is 0 Å². The third kappa shape index (κ3) is 3.99. The van der Waals surface area contributed by atoms with E-state index in [0.29, 0.717) is 0 Å². The minimum atomic E-state index is 0.868. The second-order valence-corrected chi connectivity index (χ2v) is 4.97. The van der Waals surface area contributed by atoms with E-state index in [0.717, 1.165) is 28.9 Å². The van der Waals surface area contributed by atoms with Gasteiger partial charge in [-0.3, -0.25) is 0 Å². The largest absolute Gasteiger partial charge is 0.309 e. The first-order valence-electron chi connectivity index (χ1n) is 4.68. The van der Waals surface area contributed by atoms with Crippen molar-refractivity contribution in [2.24, 2.45) is 0 Å². The Balaban J connectivity index is 2.53. The van der Waals surface area contributed by atoms with Crippen molar-refractivity contribution in [3.8, 4) is 0 Å². The van der Waals surface area contributed by atoms with Gasteiger partial charge < -0.3 is 4.90 Å². The standard InChI is InChI=1S/C11H15BrClN/c1-14(2)7-3-4-9-8-10(12)5-6-11(9)13/h5-6,8H,3-4,7H2,1-2H3. The molecule has 0 atom stereocenters. The summed E-state index contributed by atoms with van der Waals surface area (Å²) in [7, 11) is 4.17. The number of hydrogen-bond acceptors (Lipinski definition) is 1. The van der Waals surface area contributed by atoms with Crippen LogP contribution in [0.4, 0.5) is 0 Å². The number of rotatable bonds is 4. The topological polar surface area (TPSA) is 3.24 Å². The van der Waals surface area contributed by atoms with Gasteiger partial charge in [-0.1, -0.05) is 27.5 Å². The summed E-state index contributed by atoms with van der Waals surface area (Å²) in [4.78, 5) is 2.19. The van der Waals surface area contributed by atoms with E-state index in [-0.39, 0.29) is 0 Å². The maximum absolute atomic E-state index is 6.08. The van der Waals surface area contributed by atoms with Crippen LogP contribution < -0.4 is 0 Å². The van der Waals surface area contributed by atoms with E-state index in [1.807, 2.05) is 12.1 Å². The number of nitrogens with zero attached hydrogens (tertiary/aromatic N) is 1. The molecule has 0 saturated heterocycles. The summed E-state index contributed by atoms with van der Waals surface area (Å²) in [5, 5.41) is 0.868. The molecule has 0 aliphatic heterocycles. The Kier molecular flexibility index (Phi) is 4.93. The lowest BCUT2D eigenvalue weighted by Gasteiger charge is -2.09. The van der Waals surface area contributed by atoms with Crippen LogP contribution in [0, 0.1) is 0 Å². The van der Waals surface area contributed by atoms with E-state index in [1.165, 1.54) is 5.56 Å². The molecule has 0 heterocycles. The summed E-state index contributed by atoms with van der Waals surface area (Å²) in [5.41, 5.74) is 1.22. The Labute approximate surface area is 99.2 Å². The first-order chi connectivity index (χ1) is 6.59. The highest BCUT2D eigenvalue weighted by Crippen LogP contribution is 2.22. The zero-order valence-corrected chi connectivity index (χ0v) is 10.9. The molecule has 0 unspecified atom stereocenters. The lowest BCUT2D eigenvalue weighted by atomic mass is 10.1. The lowest BCUT2D eigenvalue weighted by molar-refractivity contribution is 0.400. The Morgan fingerprint density at radius 1 is 1.36 bits per heavy atom. The molecule has 0 aliphatic rings. The smallest absolute Gasteiger partial charge is 0.0438 e. The van der Waals surface area contributed by atoms with Crippen LogP contribution in [-0.4, -0.2) is 25.5 Å². The van der Waals surface area contributed by atoms with Crippen molar-refractivity contribution in [3.05, 3.63) is 33.3 Å². The predicted molar refractivity (Wildman–Crippen MR) is 66.0 cm³/mol. The van der Waals surface area contributed by atoms with E-state index in [4.69, 9.17) is 11.6 Å². The summed E-state index contributed by atoms with van der Waals surface area (Å²) >= 11 is 9.53. The number of halogens is 2. The summed E-state index contributed by atoms with van der Waals surface area (Å²) < 4.78 is 1.10. The number of aryl methyl sites for hydroxylation is 1. The van der Waals surface area contributed by atoms with Gasteiger partial charge in [0, 0.05) is 9.50 Å². The van der Waals surface area contributed by atoms with Crippen LogP contribution >= 0.6 is 27.5 Å². The highest BCUT2D eigenvalue weighted by Gasteiger charge is 2.01. The first-order valence-corrected chi connectivity index (χ1v) is 5.85. The summed E-state index contributed by atoms with van der Waals surface area (Å²) in [6.45, 7) is 1.10. The molecule has 1 nitrogen and oxygen atoms in total. The van der Waals surface area contributed by atoms with Gasteiger partial charge in [-0.15, -0.1) is 0 Å². The average molecular weight is 277 g/mol. The highest BCUT2D eigenvalue weighted by molar-refractivity contribution is 9.10. The van der Waals surface area contributed by atoms with Gasteiger partial charge in [0.15, 0.2) is 0 Å². The second kappa shape index (κ2) is 5.74. The third-order valence-electron chi connectivity index (χ3n) is 2.06. The normalized spacial score (nSPS) is 10.9. The summed E-state index contributed by atoms with van der Waals surface area (Å²) in [6.07, 6.45) is 2.18. The molecular formula is C11H15BrClN. The summed E-state index contributed by atoms with van der Waals surface area (Å²) in [5.74, 6) is 0. The zero-order valence-electron chi connectivity index (χ0n) is 8.56. The lowest BCUT2D eigenvalue weighted by Crippen LogP contribution is -2.13. The Hall–Kier alpha value is -0.0500. The first kappa shape index (κ1) is 12.0. The maximum atomic E-state index is 6.08. The third-order valence-corrected chi connectivity index (χ3v) is 2.92. The fourth-order valence-corrected chi connectivity index (χ4v) is 1.94. The van der Waals surface area contributed by atoms with Crippen molar-refractivity contribution >= 4 is 27.5 Å². The number of benzene rings is 1. The van der Waals surface area contributed by atoms with Crippen molar-refractivity contribution in [1.82, 2.24) is 4.90 Å². The fraction of sp³-hybridized carbons (Fsp3) is 0.455. The predicted octanol–water partition coefficient (Wildman–Crippen LogP) is 3.60. The molecule has 78 valence electrons. The molecule has 0 bridgehead atoms. The minimum Gasteiger partial charge on any atom is -0.309 e. The van der Waals surface area contributed by atoms with E-state index in [2.05, 4.69) is 41.0 Å². The van der Waals surface area contributed by atoms with Crippen molar-refractivity contribution in [1.29, 1.82) is 0 Å². The molecule has 0 spiro atoms. The van der Waals surface area contributed by atoms with Gasteiger partial charge >= 0.3 is 0 Å². The molecule has 0 aliphatic carbocycles. The second-order valence-electron chi connectivity index (χ2n) is 3.64. The van der Waals surface area contributed by atoms with Gasteiger partial charge in [-0.2, -0.15) is 0 Å². The van der Waals surface area contributed by atoms with Gasteiger partial charge in [0.2, 0.25) is 0 Å². The van der Waals surface area contributed by atoms with Crippen molar-refractivity contribution in [3.63, 3.8) is 0 Å². The zero-order chi connectivity index (χ0) is 10.6. The molecule has 0 aromatic heterocycles. The SMILES string of the molecule is CN(C)CCCc1cc(Br)ccc1Cl. The highest BCUT2D eigenvalue weighted by atomic mass is 79.9. The molecule has 1 aromatic carbocycles. The Morgan fingerprint density at radius 2 is 2.07 bits per heavy atom. The van der Waals surface area contributed by atoms with Crippen molar-refractivity contribution < 1.29 is 0 Å². The monoisotopic (exact) mass is 275 g/mol. The summed E-state index contributed by atoms with van der Waals surface area (Å²) in [6, 6.07) is 6.01. The van der Waals surface area contributed by atoms with Crippen LogP contribution in [0.15, 0.2) is 22.7 Å². The van der Waals surface area contributed by atoms with Gasteiger partial charge in [0.1, 0.15) is 0 Å². The Morgan fingerprint density at radius 3 is 2.71 bits per heavy atom. The fourth-order valence-electron chi connectivity index (χ4n) is 1.32. The van der Waals surface area contributed by atoms with Crippen LogP contribution in [0.5, 0.6) is 0 Å². The van der Waals surface area contributed by atoms with Crippen LogP contribution in [0.2, 0.25) is 5.02 Å². The number of hydrogen-bond donors (Lipinski definition) is 0. The van der Waals surface area contributed by atoms with E-state index in [1.54, 1.807) is 0 Å². The minimum absolute atomic E-state index is 0.868. The van der Waals surface area contributed by atoms with Crippen LogP contribution in [-0.2, 0) is 6.42 Å². The molecule has 14 heavy (non-hydrogen) atoms. The van der Waals surface area contributed by atoms with Gasteiger partial charge in [0.05, 0.1) is 0 Å². The molecular weight excluding hydrogens is 261 g/mol. The molecule has 0 radical (unpaired) electrons. The van der Waals surface area contributed by atoms with Crippen LogP contribution in [0.3, 0.4) is 0 Å². The molecule has 0 amide bonds. The van der Waals surface area contributed by atoms with Gasteiger partial charge in [-0.05, 0) is 57.2 Å². The molecule has 1 rings (SSSR count). The Bertz CT molecular complexity index is 299.